The van der Waals surface area contributed by atoms with E-state index in [4.69, 9.17) is 4.74 Å². The fourth-order valence-electron chi connectivity index (χ4n) is 3.33. The summed E-state index contributed by atoms with van der Waals surface area (Å²) in [6.07, 6.45) is 0.825. The molecule has 4 rings (SSSR count). The van der Waals surface area contributed by atoms with Gasteiger partial charge in [0.05, 0.1) is 16.6 Å². The van der Waals surface area contributed by atoms with Gasteiger partial charge in [0.15, 0.2) is 6.61 Å². The number of hydrogen-bond donors (Lipinski definition) is 0. The van der Waals surface area contributed by atoms with Gasteiger partial charge < -0.3 is 14.2 Å². The number of fused-ring (bicyclic) bond motifs is 2. The standard InChI is InChI=1S/C20H19N3O3/c1-13-21-16-11-15(7-8-18(16)22(13)2)20(25)26-12-19(24)23-10-9-14-5-3-4-6-17(14)23/h3-8,11H,9-10,12H2,1-2H3. The number of carbonyl (C=O) groups is 2. The average molecular weight is 349 g/mol. The van der Waals surface area contributed by atoms with E-state index in [0.29, 0.717) is 12.1 Å². The van der Waals surface area contributed by atoms with E-state index in [1.54, 1.807) is 17.0 Å². The molecule has 0 unspecified atom stereocenters. The van der Waals surface area contributed by atoms with E-state index in [1.165, 1.54) is 0 Å². The molecule has 6 heteroatoms. The van der Waals surface area contributed by atoms with Gasteiger partial charge >= 0.3 is 5.97 Å². The van der Waals surface area contributed by atoms with Gasteiger partial charge in [-0.25, -0.2) is 9.78 Å². The van der Waals surface area contributed by atoms with Gasteiger partial charge in [-0.15, -0.1) is 0 Å². The number of esters is 1. The Labute approximate surface area is 151 Å². The van der Waals surface area contributed by atoms with Crippen LogP contribution in [0.25, 0.3) is 11.0 Å². The quantitative estimate of drug-likeness (QED) is 0.682. The molecule has 0 radical (unpaired) electrons. The number of para-hydroxylation sites is 1. The minimum absolute atomic E-state index is 0.210. The average Bonchev–Trinajstić information content (AvgIpc) is 3.20. The van der Waals surface area contributed by atoms with E-state index >= 15 is 0 Å². The lowest BCUT2D eigenvalue weighted by Gasteiger charge is -2.17. The van der Waals surface area contributed by atoms with Crippen LogP contribution in [-0.4, -0.2) is 34.6 Å². The number of carbonyl (C=O) groups excluding carboxylic acids is 2. The molecule has 1 aromatic heterocycles. The molecule has 0 spiro atoms. The first kappa shape index (κ1) is 16.3. The summed E-state index contributed by atoms with van der Waals surface area (Å²) in [5, 5.41) is 0. The Kier molecular flexibility index (Phi) is 3.95. The van der Waals surface area contributed by atoms with Gasteiger partial charge in [-0.3, -0.25) is 4.79 Å². The van der Waals surface area contributed by atoms with E-state index in [-0.39, 0.29) is 12.5 Å². The second kappa shape index (κ2) is 6.29. The molecule has 2 aromatic carbocycles. The van der Waals surface area contributed by atoms with Gasteiger partial charge in [-0.2, -0.15) is 0 Å². The van der Waals surface area contributed by atoms with Crippen molar-refractivity contribution in [3.05, 3.63) is 59.4 Å². The number of aromatic nitrogens is 2. The number of imidazole rings is 1. The number of amides is 1. The maximum absolute atomic E-state index is 12.4. The summed E-state index contributed by atoms with van der Waals surface area (Å²) in [5.41, 5.74) is 4.12. The van der Waals surface area contributed by atoms with Crippen LogP contribution >= 0.6 is 0 Å². The minimum atomic E-state index is -0.518. The Bertz CT molecular complexity index is 1020. The molecule has 26 heavy (non-hydrogen) atoms. The van der Waals surface area contributed by atoms with Crippen LogP contribution in [0.3, 0.4) is 0 Å². The first-order valence-electron chi connectivity index (χ1n) is 8.53. The van der Waals surface area contributed by atoms with E-state index in [2.05, 4.69) is 4.98 Å². The molecule has 2 heterocycles. The van der Waals surface area contributed by atoms with Crippen molar-refractivity contribution in [1.29, 1.82) is 0 Å². The van der Waals surface area contributed by atoms with Gasteiger partial charge in [0.25, 0.3) is 5.91 Å². The SMILES string of the molecule is Cc1nc2cc(C(=O)OCC(=O)N3CCc4ccccc43)ccc2n1C. The van der Waals surface area contributed by atoms with Crippen molar-refractivity contribution in [2.45, 2.75) is 13.3 Å². The fraction of sp³-hybridized carbons (Fsp3) is 0.250. The molecule has 1 amide bonds. The molecular formula is C20H19N3O3. The van der Waals surface area contributed by atoms with Crippen LogP contribution in [0.4, 0.5) is 5.69 Å². The van der Waals surface area contributed by atoms with Crippen molar-refractivity contribution in [3.8, 4) is 0 Å². The summed E-state index contributed by atoms with van der Waals surface area (Å²) in [7, 11) is 1.93. The van der Waals surface area contributed by atoms with Crippen LogP contribution in [0.1, 0.15) is 21.7 Å². The molecule has 0 bridgehead atoms. The summed E-state index contributed by atoms with van der Waals surface area (Å²) < 4.78 is 7.20. The molecular weight excluding hydrogens is 330 g/mol. The molecule has 6 nitrogen and oxygen atoms in total. The molecule has 1 aliphatic rings. The maximum atomic E-state index is 12.4. The first-order chi connectivity index (χ1) is 12.5. The Morgan fingerprint density at radius 1 is 1.19 bits per heavy atom. The number of hydrogen-bond acceptors (Lipinski definition) is 4. The third kappa shape index (κ3) is 2.73. The summed E-state index contributed by atoms with van der Waals surface area (Å²) in [5.74, 6) is 0.141. The maximum Gasteiger partial charge on any atom is 0.338 e. The van der Waals surface area contributed by atoms with Gasteiger partial charge in [-0.1, -0.05) is 18.2 Å². The Balaban J connectivity index is 1.45. The van der Waals surface area contributed by atoms with E-state index in [0.717, 1.165) is 34.5 Å². The zero-order valence-corrected chi connectivity index (χ0v) is 14.7. The number of rotatable bonds is 3. The first-order valence-corrected chi connectivity index (χ1v) is 8.53. The van der Waals surface area contributed by atoms with E-state index < -0.39 is 5.97 Å². The molecule has 1 aliphatic heterocycles. The van der Waals surface area contributed by atoms with Crippen LogP contribution in [-0.2, 0) is 23.0 Å². The molecule has 0 atom stereocenters. The fourth-order valence-corrected chi connectivity index (χ4v) is 3.33. The molecule has 0 aliphatic carbocycles. The summed E-state index contributed by atoms with van der Waals surface area (Å²) in [6, 6.07) is 13.0. The van der Waals surface area contributed by atoms with E-state index in [1.807, 2.05) is 48.9 Å². The zero-order chi connectivity index (χ0) is 18.3. The monoisotopic (exact) mass is 349 g/mol. The highest BCUT2D eigenvalue weighted by Crippen LogP contribution is 2.27. The highest BCUT2D eigenvalue weighted by Gasteiger charge is 2.25. The highest BCUT2D eigenvalue weighted by atomic mass is 16.5. The van der Waals surface area contributed by atoms with Gasteiger partial charge in [-0.05, 0) is 43.2 Å². The van der Waals surface area contributed by atoms with Crippen LogP contribution in [0.15, 0.2) is 42.5 Å². The Morgan fingerprint density at radius 2 is 2.00 bits per heavy atom. The van der Waals surface area contributed by atoms with Crippen molar-refractivity contribution in [2.24, 2.45) is 7.05 Å². The second-order valence-electron chi connectivity index (χ2n) is 6.42. The third-order valence-electron chi connectivity index (χ3n) is 4.86. The smallest absolute Gasteiger partial charge is 0.338 e. The topological polar surface area (TPSA) is 64.4 Å². The molecule has 132 valence electrons. The molecule has 0 fully saturated rings. The number of anilines is 1. The van der Waals surface area contributed by atoms with Crippen LogP contribution in [0, 0.1) is 6.92 Å². The molecule has 0 saturated heterocycles. The Hall–Kier alpha value is -3.15. The van der Waals surface area contributed by atoms with Crippen LogP contribution in [0.2, 0.25) is 0 Å². The largest absolute Gasteiger partial charge is 0.452 e. The lowest BCUT2D eigenvalue weighted by Crippen LogP contribution is -2.33. The number of ether oxygens (including phenoxy) is 1. The van der Waals surface area contributed by atoms with Crippen molar-refractivity contribution in [3.63, 3.8) is 0 Å². The van der Waals surface area contributed by atoms with Crippen LogP contribution in [0.5, 0.6) is 0 Å². The van der Waals surface area contributed by atoms with Crippen molar-refractivity contribution >= 4 is 28.6 Å². The summed E-state index contributed by atoms with van der Waals surface area (Å²) in [4.78, 5) is 30.8. The Morgan fingerprint density at radius 3 is 2.85 bits per heavy atom. The van der Waals surface area contributed by atoms with Gasteiger partial charge in [0.1, 0.15) is 5.82 Å². The van der Waals surface area contributed by atoms with Gasteiger partial charge in [0.2, 0.25) is 0 Å². The summed E-state index contributed by atoms with van der Waals surface area (Å²) >= 11 is 0. The van der Waals surface area contributed by atoms with Crippen LogP contribution < -0.4 is 4.90 Å². The number of aryl methyl sites for hydroxylation is 2. The summed E-state index contributed by atoms with van der Waals surface area (Å²) in [6.45, 7) is 2.26. The van der Waals surface area contributed by atoms with Crippen molar-refractivity contribution < 1.29 is 14.3 Å². The van der Waals surface area contributed by atoms with Crippen molar-refractivity contribution in [2.75, 3.05) is 18.1 Å². The molecule has 0 N–H and O–H groups in total. The predicted octanol–water partition coefficient (Wildman–Crippen LogP) is 2.63. The number of nitrogens with zero attached hydrogens (tertiary/aromatic N) is 3. The normalized spacial score (nSPS) is 13.1. The predicted molar refractivity (Wildman–Crippen MR) is 98.2 cm³/mol. The highest BCUT2D eigenvalue weighted by molar-refractivity contribution is 5.99. The third-order valence-corrected chi connectivity index (χ3v) is 4.86. The van der Waals surface area contributed by atoms with Gasteiger partial charge in [0, 0.05) is 19.3 Å². The van der Waals surface area contributed by atoms with E-state index in [9.17, 15) is 9.59 Å². The minimum Gasteiger partial charge on any atom is -0.452 e. The lowest BCUT2D eigenvalue weighted by molar-refractivity contribution is -0.121. The lowest BCUT2D eigenvalue weighted by atomic mass is 10.2. The van der Waals surface area contributed by atoms with Crippen molar-refractivity contribution in [1.82, 2.24) is 9.55 Å². The number of benzene rings is 2. The molecule has 3 aromatic rings. The second-order valence-corrected chi connectivity index (χ2v) is 6.42. The zero-order valence-electron chi connectivity index (χ0n) is 14.7. The molecule has 0 saturated carbocycles.